The molecular formula is C15H20FN3. The minimum absolute atomic E-state index is 0.0254. The fourth-order valence-corrected chi connectivity index (χ4v) is 2.24. The first kappa shape index (κ1) is 13.7. The lowest BCUT2D eigenvalue weighted by Gasteiger charge is -2.20. The Labute approximate surface area is 113 Å². The molecule has 0 amide bonds. The molecule has 102 valence electrons. The van der Waals surface area contributed by atoms with Gasteiger partial charge in [-0.25, -0.2) is 4.39 Å². The van der Waals surface area contributed by atoms with Crippen LogP contribution in [0.5, 0.6) is 0 Å². The zero-order valence-corrected chi connectivity index (χ0v) is 11.7. The van der Waals surface area contributed by atoms with Crippen LogP contribution in [0.1, 0.15) is 36.7 Å². The Morgan fingerprint density at radius 3 is 2.74 bits per heavy atom. The average Bonchev–Trinajstić information content (AvgIpc) is 2.87. The molecule has 1 atom stereocenters. The van der Waals surface area contributed by atoms with Crippen LogP contribution in [0.3, 0.4) is 0 Å². The van der Waals surface area contributed by atoms with Crippen molar-refractivity contribution in [1.82, 2.24) is 15.1 Å². The molecule has 0 radical (unpaired) electrons. The number of hydrogen-bond donors (Lipinski definition) is 1. The Morgan fingerprint density at radius 1 is 1.32 bits per heavy atom. The second-order valence-corrected chi connectivity index (χ2v) is 4.57. The summed E-state index contributed by atoms with van der Waals surface area (Å²) in [6.45, 7) is 7.49. The maximum Gasteiger partial charge on any atom is 0.126 e. The van der Waals surface area contributed by atoms with E-state index in [1.807, 2.05) is 29.8 Å². The SMILES string of the molecule is CCNC(c1ccc(C)c(F)c1)c1ccnn1CC. The number of benzene rings is 1. The van der Waals surface area contributed by atoms with E-state index < -0.39 is 0 Å². The minimum Gasteiger partial charge on any atom is -0.305 e. The Morgan fingerprint density at radius 2 is 2.11 bits per heavy atom. The van der Waals surface area contributed by atoms with Gasteiger partial charge < -0.3 is 5.32 Å². The van der Waals surface area contributed by atoms with Gasteiger partial charge in [-0.2, -0.15) is 5.10 Å². The number of hydrogen-bond acceptors (Lipinski definition) is 2. The third kappa shape index (κ3) is 2.84. The zero-order chi connectivity index (χ0) is 13.8. The van der Waals surface area contributed by atoms with Gasteiger partial charge in [-0.05, 0) is 43.7 Å². The smallest absolute Gasteiger partial charge is 0.126 e. The molecule has 2 rings (SSSR count). The van der Waals surface area contributed by atoms with Crippen molar-refractivity contribution in [2.75, 3.05) is 6.54 Å². The molecule has 1 heterocycles. The van der Waals surface area contributed by atoms with Gasteiger partial charge in [-0.1, -0.05) is 19.1 Å². The number of rotatable bonds is 5. The lowest BCUT2D eigenvalue weighted by Crippen LogP contribution is -2.25. The molecule has 0 aliphatic heterocycles. The third-order valence-electron chi connectivity index (χ3n) is 3.28. The van der Waals surface area contributed by atoms with Crippen LogP contribution in [-0.2, 0) is 6.54 Å². The minimum atomic E-state index is -0.164. The number of halogens is 1. The first-order valence-corrected chi connectivity index (χ1v) is 6.68. The van der Waals surface area contributed by atoms with Crippen LogP contribution in [0.2, 0.25) is 0 Å². The van der Waals surface area contributed by atoms with Gasteiger partial charge in [0.1, 0.15) is 5.82 Å². The van der Waals surface area contributed by atoms with E-state index in [0.717, 1.165) is 24.3 Å². The molecule has 1 aromatic heterocycles. The summed E-state index contributed by atoms with van der Waals surface area (Å²) in [6.07, 6.45) is 1.79. The highest BCUT2D eigenvalue weighted by Crippen LogP contribution is 2.23. The molecular weight excluding hydrogens is 241 g/mol. The second-order valence-electron chi connectivity index (χ2n) is 4.57. The molecule has 0 fully saturated rings. The summed E-state index contributed by atoms with van der Waals surface area (Å²) >= 11 is 0. The van der Waals surface area contributed by atoms with Crippen LogP contribution in [0.15, 0.2) is 30.5 Å². The topological polar surface area (TPSA) is 29.9 Å². The molecule has 0 spiro atoms. The van der Waals surface area contributed by atoms with Crippen LogP contribution < -0.4 is 5.32 Å². The first-order valence-electron chi connectivity index (χ1n) is 6.68. The van der Waals surface area contributed by atoms with Crippen molar-refractivity contribution in [3.05, 3.63) is 53.1 Å². The summed E-state index contributed by atoms with van der Waals surface area (Å²) in [5.74, 6) is -0.164. The van der Waals surface area contributed by atoms with Crippen molar-refractivity contribution in [2.24, 2.45) is 0 Å². The van der Waals surface area contributed by atoms with Gasteiger partial charge in [0.15, 0.2) is 0 Å². The number of nitrogens with one attached hydrogen (secondary N) is 1. The van der Waals surface area contributed by atoms with Crippen molar-refractivity contribution in [3.63, 3.8) is 0 Å². The van der Waals surface area contributed by atoms with E-state index in [2.05, 4.69) is 17.3 Å². The van der Waals surface area contributed by atoms with E-state index in [9.17, 15) is 4.39 Å². The molecule has 2 aromatic rings. The van der Waals surface area contributed by atoms with Crippen LogP contribution >= 0.6 is 0 Å². The summed E-state index contributed by atoms with van der Waals surface area (Å²) in [5.41, 5.74) is 2.66. The fraction of sp³-hybridized carbons (Fsp3) is 0.400. The summed E-state index contributed by atoms with van der Waals surface area (Å²) in [4.78, 5) is 0. The lowest BCUT2D eigenvalue weighted by atomic mass is 10.0. The van der Waals surface area contributed by atoms with Gasteiger partial charge in [0, 0.05) is 12.7 Å². The number of nitrogens with zero attached hydrogens (tertiary/aromatic N) is 2. The molecule has 0 saturated heterocycles. The van der Waals surface area contributed by atoms with Crippen molar-refractivity contribution in [2.45, 2.75) is 33.4 Å². The average molecular weight is 261 g/mol. The first-order chi connectivity index (χ1) is 9.17. The van der Waals surface area contributed by atoms with Crippen molar-refractivity contribution >= 4 is 0 Å². The predicted molar refractivity (Wildman–Crippen MR) is 74.6 cm³/mol. The van der Waals surface area contributed by atoms with Crippen LogP contribution in [0.25, 0.3) is 0 Å². The van der Waals surface area contributed by atoms with E-state index in [0.29, 0.717) is 5.56 Å². The summed E-state index contributed by atoms with van der Waals surface area (Å²) < 4.78 is 15.7. The van der Waals surface area contributed by atoms with Crippen LogP contribution in [0.4, 0.5) is 4.39 Å². The van der Waals surface area contributed by atoms with Gasteiger partial charge in [0.05, 0.1) is 11.7 Å². The number of aryl methyl sites for hydroxylation is 2. The van der Waals surface area contributed by atoms with Crippen molar-refractivity contribution in [3.8, 4) is 0 Å². The van der Waals surface area contributed by atoms with Gasteiger partial charge >= 0.3 is 0 Å². The van der Waals surface area contributed by atoms with Gasteiger partial charge in [-0.15, -0.1) is 0 Å². The molecule has 1 unspecified atom stereocenters. The maximum atomic E-state index is 13.8. The Bertz CT molecular complexity index is 548. The molecule has 0 saturated carbocycles. The van der Waals surface area contributed by atoms with E-state index >= 15 is 0 Å². The standard InChI is InChI=1S/C15H20FN3/c1-4-17-15(14-8-9-18-19(14)5-2)12-7-6-11(3)13(16)10-12/h6-10,15,17H,4-5H2,1-3H3. The molecule has 0 bridgehead atoms. The van der Waals surface area contributed by atoms with Crippen molar-refractivity contribution in [1.29, 1.82) is 0 Å². The highest BCUT2D eigenvalue weighted by molar-refractivity contribution is 5.31. The van der Waals surface area contributed by atoms with Gasteiger partial charge in [0.25, 0.3) is 0 Å². The zero-order valence-electron chi connectivity index (χ0n) is 11.7. The molecule has 19 heavy (non-hydrogen) atoms. The second kappa shape index (κ2) is 5.97. The molecule has 1 aromatic carbocycles. The summed E-state index contributed by atoms with van der Waals surface area (Å²) in [5, 5.41) is 7.68. The molecule has 1 N–H and O–H groups in total. The number of aromatic nitrogens is 2. The third-order valence-corrected chi connectivity index (χ3v) is 3.28. The molecule has 0 aliphatic rings. The van der Waals surface area contributed by atoms with E-state index in [-0.39, 0.29) is 11.9 Å². The van der Waals surface area contributed by atoms with E-state index in [1.165, 1.54) is 0 Å². The summed E-state index contributed by atoms with van der Waals surface area (Å²) in [7, 11) is 0. The Hall–Kier alpha value is -1.68. The fourth-order valence-electron chi connectivity index (χ4n) is 2.24. The van der Waals surface area contributed by atoms with E-state index in [4.69, 9.17) is 0 Å². The van der Waals surface area contributed by atoms with Gasteiger partial charge in [0.2, 0.25) is 0 Å². The Kier molecular flexibility index (Phi) is 4.32. The Balaban J connectivity index is 2.42. The van der Waals surface area contributed by atoms with Crippen molar-refractivity contribution < 1.29 is 4.39 Å². The molecule has 0 aliphatic carbocycles. The molecule has 4 heteroatoms. The maximum absolute atomic E-state index is 13.8. The molecule has 3 nitrogen and oxygen atoms in total. The van der Waals surface area contributed by atoms with E-state index in [1.54, 1.807) is 19.2 Å². The highest BCUT2D eigenvalue weighted by atomic mass is 19.1. The summed E-state index contributed by atoms with van der Waals surface area (Å²) in [6, 6.07) is 7.35. The van der Waals surface area contributed by atoms with Gasteiger partial charge in [-0.3, -0.25) is 4.68 Å². The van der Waals surface area contributed by atoms with Crippen LogP contribution in [0, 0.1) is 12.7 Å². The quantitative estimate of drug-likeness (QED) is 0.896. The monoisotopic (exact) mass is 261 g/mol. The normalized spacial score (nSPS) is 12.6. The highest BCUT2D eigenvalue weighted by Gasteiger charge is 2.17. The predicted octanol–water partition coefficient (Wildman–Crippen LogP) is 3.05. The lowest BCUT2D eigenvalue weighted by molar-refractivity contribution is 0.538. The largest absolute Gasteiger partial charge is 0.305 e. The van der Waals surface area contributed by atoms with Crippen LogP contribution in [-0.4, -0.2) is 16.3 Å².